The highest BCUT2D eigenvalue weighted by Gasteiger charge is 2.38. The molecule has 1 saturated carbocycles. The van der Waals surface area contributed by atoms with E-state index in [9.17, 15) is 18.3 Å². The summed E-state index contributed by atoms with van der Waals surface area (Å²) < 4.78 is 39.1. The molecule has 0 saturated heterocycles. The lowest BCUT2D eigenvalue weighted by Crippen LogP contribution is -2.27. The van der Waals surface area contributed by atoms with Gasteiger partial charge in [-0.1, -0.05) is 50.8 Å². The van der Waals surface area contributed by atoms with Crippen LogP contribution in [0.2, 0.25) is 0 Å². The fraction of sp³-hybridized carbons (Fsp3) is 0.625. The Hall–Kier alpha value is -1.03. The molecule has 1 aromatic rings. The van der Waals surface area contributed by atoms with E-state index in [1.165, 1.54) is 12.1 Å². The van der Waals surface area contributed by atoms with Crippen LogP contribution in [0.15, 0.2) is 24.3 Å². The molecule has 1 N–H and O–H groups in total. The van der Waals surface area contributed by atoms with E-state index in [4.69, 9.17) is 0 Å². The van der Waals surface area contributed by atoms with E-state index < -0.39 is 17.8 Å². The number of aliphatic hydroxyl groups excluding tert-OH is 1. The van der Waals surface area contributed by atoms with Crippen molar-refractivity contribution in [3.05, 3.63) is 35.4 Å². The van der Waals surface area contributed by atoms with Crippen molar-refractivity contribution in [1.29, 1.82) is 0 Å². The Bertz CT molecular complexity index is 442. The molecule has 4 heteroatoms. The molecule has 1 nitrogen and oxygen atoms in total. The average Bonchev–Trinajstić information content (AvgIpc) is 2.45. The molecule has 1 aliphatic rings. The number of hydrogen-bond donors (Lipinski definition) is 1. The van der Waals surface area contributed by atoms with Gasteiger partial charge in [0.2, 0.25) is 0 Å². The van der Waals surface area contributed by atoms with Gasteiger partial charge in [0.15, 0.2) is 0 Å². The maximum Gasteiger partial charge on any atom is 0.416 e. The van der Waals surface area contributed by atoms with Gasteiger partial charge in [0.05, 0.1) is 11.7 Å². The second-order valence-corrected chi connectivity index (χ2v) is 5.65. The molecular formula is C16H21F3O. The number of halogens is 3. The first-order valence-electron chi connectivity index (χ1n) is 7.29. The van der Waals surface area contributed by atoms with Gasteiger partial charge in [0.1, 0.15) is 0 Å². The fourth-order valence-electron chi connectivity index (χ4n) is 3.40. The van der Waals surface area contributed by atoms with Gasteiger partial charge in [0, 0.05) is 0 Å². The molecule has 0 amide bonds. The number of hydrogen-bond acceptors (Lipinski definition) is 1. The minimum absolute atomic E-state index is 0.0327. The summed E-state index contributed by atoms with van der Waals surface area (Å²) in [4.78, 5) is 0. The Balaban J connectivity index is 2.31. The fourth-order valence-corrected chi connectivity index (χ4v) is 3.40. The molecule has 3 atom stereocenters. The Morgan fingerprint density at radius 1 is 1.20 bits per heavy atom. The minimum atomic E-state index is -4.41. The first-order valence-corrected chi connectivity index (χ1v) is 7.29. The highest BCUT2D eigenvalue weighted by molar-refractivity contribution is 5.32. The van der Waals surface area contributed by atoms with Crippen LogP contribution in [0.1, 0.15) is 56.3 Å². The van der Waals surface area contributed by atoms with Gasteiger partial charge in [0.25, 0.3) is 0 Å². The number of benzene rings is 1. The Kier molecular flexibility index (Phi) is 4.74. The standard InChI is InChI=1S/C16H21F3O/c1-2-11-7-3-4-8-12(11)15(20)13-9-5-6-10-14(13)16(17,18)19/h5-6,9-12,15,20H,2-4,7-8H2,1H3. The van der Waals surface area contributed by atoms with Crippen LogP contribution in [0.5, 0.6) is 0 Å². The Morgan fingerprint density at radius 3 is 2.50 bits per heavy atom. The molecule has 112 valence electrons. The molecule has 0 radical (unpaired) electrons. The molecular weight excluding hydrogens is 265 g/mol. The topological polar surface area (TPSA) is 20.2 Å². The summed E-state index contributed by atoms with van der Waals surface area (Å²) in [7, 11) is 0. The predicted octanol–water partition coefficient (Wildman–Crippen LogP) is 4.96. The van der Waals surface area contributed by atoms with Crippen molar-refractivity contribution >= 4 is 0 Å². The van der Waals surface area contributed by atoms with E-state index in [2.05, 4.69) is 0 Å². The summed E-state index contributed by atoms with van der Waals surface area (Å²) in [6, 6.07) is 5.41. The summed E-state index contributed by atoms with van der Waals surface area (Å²) >= 11 is 0. The predicted molar refractivity (Wildman–Crippen MR) is 72.1 cm³/mol. The van der Waals surface area contributed by atoms with E-state index in [0.717, 1.165) is 38.2 Å². The van der Waals surface area contributed by atoms with Crippen LogP contribution in [0.3, 0.4) is 0 Å². The number of alkyl halides is 3. The molecule has 0 aromatic heterocycles. The molecule has 0 bridgehead atoms. The second kappa shape index (κ2) is 6.17. The van der Waals surface area contributed by atoms with Crippen LogP contribution in [0.25, 0.3) is 0 Å². The number of aliphatic hydroxyl groups is 1. The van der Waals surface area contributed by atoms with E-state index in [-0.39, 0.29) is 11.5 Å². The molecule has 0 aliphatic heterocycles. The van der Waals surface area contributed by atoms with Crippen molar-refractivity contribution in [2.45, 2.75) is 51.3 Å². The van der Waals surface area contributed by atoms with Gasteiger partial charge in [-0.05, 0) is 29.9 Å². The van der Waals surface area contributed by atoms with Crippen molar-refractivity contribution in [3.8, 4) is 0 Å². The zero-order chi connectivity index (χ0) is 14.8. The second-order valence-electron chi connectivity index (χ2n) is 5.65. The molecule has 3 unspecified atom stereocenters. The Labute approximate surface area is 117 Å². The average molecular weight is 286 g/mol. The first kappa shape index (κ1) is 15.4. The maximum atomic E-state index is 13.0. The zero-order valence-electron chi connectivity index (χ0n) is 11.7. The lowest BCUT2D eigenvalue weighted by Gasteiger charge is -2.35. The maximum absolute atomic E-state index is 13.0. The molecule has 2 rings (SSSR count). The van der Waals surface area contributed by atoms with Gasteiger partial charge in [-0.3, -0.25) is 0 Å². The third-order valence-electron chi connectivity index (χ3n) is 4.48. The molecule has 0 heterocycles. The lowest BCUT2D eigenvalue weighted by molar-refractivity contribution is -0.139. The van der Waals surface area contributed by atoms with Gasteiger partial charge >= 0.3 is 6.18 Å². The van der Waals surface area contributed by atoms with Crippen molar-refractivity contribution in [1.82, 2.24) is 0 Å². The summed E-state index contributed by atoms with van der Waals surface area (Å²) in [6.07, 6.45) is -0.588. The summed E-state index contributed by atoms with van der Waals surface area (Å²) in [5.74, 6) is 0.261. The van der Waals surface area contributed by atoms with Gasteiger partial charge in [-0.25, -0.2) is 0 Å². The van der Waals surface area contributed by atoms with E-state index >= 15 is 0 Å². The van der Waals surface area contributed by atoms with Gasteiger partial charge < -0.3 is 5.11 Å². The van der Waals surface area contributed by atoms with Crippen LogP contribution in [0.4, 0.5) is 13.2 Å². The third kappa shape index (κ3) is 3.17. The smallest absolute Gasteiger partial charge is 0.388 e. The molecule has 1 aliphatic carbocycles. The van der Waals surface area contributed by atoms with Gasteiger partial charge in [-0.15, -0.1) is 0 Å². The van der Waals surface area contributed by atoms with Crippen LogP contribution < -0.4 is 0 Å². The summed E-state index contributed by atoms with van der Waals surface area (Å²) in [6.45, 7) is 2.05. The SMILES string of the molecule is CCC1CCCCC1C(O)c1ccccc1C(F)(F)F. The van der Waals surface area contributed by atoms with Crippen LogP contribution in [-0.2, 0) is 6.18 Å². The summed E-state index contributed by atoms with van der Waals surface area (Å²) in [5, 5.41) is 10.5. The largest absolute Gasteiger partial charge is 0.416 e. The normalized spacial score (nSPS) is 25.4. The van der Waals surface area contributed by atoms with Crippen LogP contribution >= 0.6 is 0 Å². The van der Waals surface area contributed by atoms with E-state index in [1.54, 1.807) is 6.07 Å². The van der Waals surface area contributed by atoms with E-state index in [1.807, 2.05) is 6.92 Å². The molecule has 1 aromatic carbocycles. The van der Waals surface area contributed by atoms with Crippen molar-refractivity contribution in [3.63, 3.8) is 0 Å². The first-order chi connectivity index (χ1) is 9.45. The monoisotopic (exact) mass is 286 g/mol. The van der Waals surface area contributed by atoms with E-state index in [0.29, 0.717) is 5.92 Å². The molecule has 0 spiro atoms. The quantitative estimate of drug-likeness (QED) is 0.833. The van der Waals surface area contributed by atoms with Crippen molar-refractivity contribution < 1.29 is 18.3 Å². The number of rotatable bonds is 3. The molecule has 1 fully saturated rings. The van der Waals surface area contributed by atoms with Gasteiger partial charge in [-0.2, -0.15) is 13.2 Å². The third-order valence-corrected chi connectivity index (χ3v) is 4.48. The highest BCUT2D eigenvalue weighted by Crippen LogP contribution is 2.43. The lowest BCUT2D eigenvalue weighted by atomic mass is 9.73. The van der Waals surface area contributed by atoms with Crippen molar-refractivity contribution in [2.24, 2.45) is 11.8 Å². The Morgan fingerprint density at radius 2 is 1.85 bits per heavy atom. The zero-order valence-corrected chi connectivity index (χ0v) is 11.7. The van der Waals surface area contributed by atoms with Crippen molar-refractivity contribution in [2.75, 3.05) is 0 Å². The molecule has 20 heavy (non-hydrogen) atoms. The van der Waals surface area contributed by atoms with Crippen LogP contribution in [0, 0.1) is 11.8 Å². The summed E-state index contributed by atoms with van der Waals surface area (Å²) in [5.41, 5.74) is -0.668. The van der Waals surface area contributed by atoms with Crippen LogP contribution in [-0.4, -0.2) is 5.11 Å². The minimum Gasteiger partial charge on any atom is -0.388 e. The highest BCUT2D eigenvalue weighted by atomic mass is 19.4.